The van der Waals surface area contributed by atoms with Gasteiger partial charge in [-0.05, 0) is 39.8 Å². The van der Waals surface area contributed by atoms with Crippen LogP contribution in [0.3, 0.4) is 0 Å². The van der Waals surface area contributed by atoms with E-state index in [1.165, 1.54) is 0 Å². The summed E-state index contributed by atoms with van der Waals surface area (Å²) in [7, 11) is -1.33. The van der Waals surface area contributed by atoms with E-state index in [2.05, 4.69) is 15.0 Å². The second-order valence-corrected chi connectivity index (χ2v) is 9.46. The maximum atomic E-state index is 12.9. The summed E-state index contributed by atoms with van der Waals surface area (Å²) >= 11 is 0. The Morgan fingerprint density at radius 1 is 1.22 bits per heavy atom. The normalized spacial score (nSPS) is 16.8. The number of aromatic amines is 1. The molecule has 0 spiro atoms. The van der Waals surface area contributed by atoms with Gasteiger partial charge in [0.15, 0.2) is 10.9 Å². The predicted octanol–water partition coefficient (Wildman–Crippen LogP) is 0.488. The monoisotopic (exact) mass is 469 g/mol. The molecule has 8 nitrogen and oxygen atoms in total. The number of fused-ring (bicyclic) bond motifs is 1. The van der Waals surface area contributed by atoms with E-state index < -0.39 is 16.6 Å². The van der Waals surface area contributed by atoms with Gasteiger partial charge in [-0.1, -0.05) is 12.1 Å². The molecule has 0 bridgehead atoms. The zero-order valence-electron chi connectivity index (χ0n) is 19.2. The van der Waals surface area contributed by atoms with E-state index in [0.717, 1.165) is 33.6 Å². The number of hydrogen-bond acceptors (Lipinski definition) is 7. The molecule has 0 aliphatic carbocycles. The maximum absolute atomic E-state index is 12.9. The number of aromatic nitrogens is 3. The standard InChI is InChI=1S/C22H27N3O4S.Na.H2O/c1-14-9-23-19(13-30(26)21-24-17-7-5-6-8-18(17)25-21)15(2)20(14)27-10-16-11-28-22(3,4)29-12-16;;/h5-9,16H,10-13H2,1-4H3,(H,24,25);;1H2/q;+1;/p-1. The van der Waals surface area contributed by atoms with Gasteiger partial charge in [0.05, 0.1) is 53.1 Å². The van der Waals surface area contributed by atoms with Crippen molar-refractivity contribution in [3.05, 3.63) is 47.3 Å². The second-order valence-electron chi connectivity index (χ2n) is 8.09. The Hall–Kier alpha value is -1.33. The van der Waals surface area contributed by atoms with Crippen molar-refractivity contribution in [1.29, 1.82) is 0 Å². The quantitative estimate of drug-likeness (QED) is 0.522. The predicted molar refractivity (Wildman–Crippen MR) is 117 cm³/mol. The number of pyridine rings is 1. The number of imidazole rings is 1. The first kappa shape index (κ1) is 26.9. The molecule has 3 aromatic rings. The topological polar surface area (TPSA) is 116 Å². The molecule has 2 aromatic heterocycles. The van der Waals surface area contributed by atoms with Crippen molar-refractivity contribution >= 4 is 21.8 Å². The Bertz CT molecular complexity index is 1050. The summed E-state index contributed by atoms with van der Waals surface area (Å²) in [4.78, 5) is 12.1. The number of hydrogen-bond donors (Lipinski definition) is 1. The van der Waals surface area contributed by atoms with E-state index >= 15 is 0 Å². The zero-order chi connectivity index (χ0) is 21.3. The van der Waals surface area contributed by atoms with Gasteiger partial charge in [0.1, 0.15) is 5.75 Å². The number of aryl methyl sites for hydroxylation is 1. The molecule has 0 amide bonds. The maximum Gasteiger partial charge on any atom is 1.00 e. The Balaban J connectivity index is 0.00000181. The summed E-state index contributed by atoms with van der Waals surface area (Å²) in [5, 5.41) is 0.458. The van der Waals surface area contributed by atoms with Crippen molar-refractivity contribution in [3.8, 4) is 5.75 Å². The summed E-state index contributed by atoms with van der Waals surface area (Å²) in [6.45, 7) is 9.43. The van der Waals surface area contributed by atoms with Crippen molar-refractivity contribution in [2.24, 2.45) is 5.92 Å². The Morgan fingerprint density at radius 3 is 2.59 bits per heavy atom. The fourth-order valence-corrected chi connectivity index (χ4v) is 4.48. The van der Waals surface area contributed by atoms with Crippen LogP contribution in [0.25, 0.3) is 11.0 Å². The van der Waals surface area contributed by atoms with Gasteiger partial charge in [0.2, 0.25) is 0 Å². The minimum Gasteiger partial charge on any atom is -0.870 e. The summed E-state index contributed by atoms with van der Waals surface area (Å²) in [6, 6.07) is 7.65. The van der Waals surface area contributed by atoms with Gasteiger partial charge in [0, 0.05) is 23.2 Å². The molecule has 2 N–H and O–H groups in total. The van der Waals surface area contributed by atoms with E-state index in [1.54, 1.807) is 6.20 Å². The number of rotatable bonds is 6. The molecule has 1 unspecified atom stereocenters. The molecular weight excluding hydrogens is 441 g/mol. The minimum absolute atomic E-state index is 0. The van der Waals surface area contributed by atoms with E-state index in [0.29, 0.717) is 25.0 Å². The average molecular weight is 470 g/mol. The molecule has 0 radical (unpaired) electrons. The average Bonchev–Trinajstić information content (AvgIpc) is 3.15. The molecule has 1 aliphatic rings. The van der Waals surface area contributed by atoms with Crippen LogP contribution in [0.1, 0.15) is 30.7 Å². The third-order valence-corrected chi connectivity index (χ3v) is 6.35. The Morgan fingerprint density at radius 2 is 1.91 bits per heavy atom. The van der Waals surface area contributed by atoms with Gasteiger partial charge in [-0.15, -0.1) is 0 Å². The summed E-state index contributed by atoms with van der Waals surface area (Å²) in [5.41, 5.74) is 4.27. The second kappa shape index (κ2) is 11.2. The van der Waals surface area contributed by atoms with E-state index in [4.69, 9.17) is 14.2 Å². The van der Waals surface area contributed by atoms with Crippen LogP contribution in [-0.4, -0.2) is 50.2 Å². The molecule has 0 saturated carbocycles. The fourth-order valence-electron chi connectivity index (χ4n) is 3.38. The summed E-state index contributed by atoms with van der Waals surface area (Å²) < 4.78 is 30.5. The van der Waals surface area contributed by atoms with Crippen LogP contribution in [0, 0.1) is 19.8 Å². The Kier molecular flexibility index (Phi) is 9.42. The third-order valence-electron chi connectivity index (χ3n) is 5.19. The van der Waals surface area contributed by atoms with Crippen molar-refractivity contribution in [2.45, 2.75) is 44.4 Å². The van der Waals surface area contributed by atoms with Gasteiger partial charge in [-0.2, -0.15) is 0 Å². The van der Waals surface area contributed by atoms with Crippen LogP contribution in [0.4, 0.5) is 0 Å². The first-order chi connectivity index (χ1) is 14.3. The summed E-state index contributed by atoms with van der Waals surface area (Å²) in [5.74, 6) is 0.684. The van der Waals surface area contributed by atoms with Crippen molar-refractivity contribution in [3.63, 3.8) is 0 Å². The van der Waals surface area contributed by atoms with Gasteiger partial charge < -0.3 is 24.7 Å². The van der Waals surface area contributed by atoms with Gasteiger partial charge in [-0.25, -0.2) is 4.98 Å². The molecule has 32 heavy (non-hydrogen) atoms. The largest absolute Gasteiger partial charge is 1.00 e. The van der Waals surface area contributed by atoms with Gasteiger partial charge >= 0.3 is 29.6 Å². The molecule has 10 heteroatoms. The van der Waals surface area contributed by atoms with Crippen molar-refractivity contribution in [1.82, 2.24) is 15.0 Å². The van der Waals surface area contributed by atoms with Crippen LogP contribution in [0.5, 0.6) is 5.75 Å². The van der Waals surface area contributed by atoms with E-state index in [9.17, 15) is 4.21 Å². The summed E-state index contributed by atoms with van der Waals surface area (Å²) in [6.07, 6.45) is 1.77. The van der Waals surface area contributed by atoms with Crippen LogP contribution < -0.4 is 34.3 Å². The number of ether oxygens (including phenoxy) is 3. The molecule has 1 fully saturated rings. The molecule has 1 atom stereocenters. The molecule has 1 saturated heterocycles. The molecular formula is C22H28N3NaO5S. The minimum atomic E-state index is -1.33. The third kappa shape index (κ3) is 6.17. The zero-order valence-corrected chi connectivity index (χ0v) is 22.0. The van der Waals surface area contributed by atoms with Crippen LogP contribution in [0.2, 0.25) is 0 Å². The van der Waals surface area contributed by atoms with Crippen molar-refractivity contribution in [2.75, 3.05) is 19.8 Å². The van der Waals surface area contributed by atoms with Gasteiger partial charge in [0.25, 0.3) is 0 Å². The van der Waals surface area contributed by atoms with Crippen LogP contribution in [0.15, 0.2) is 35.6 Å². The molecule has 4 rings (SSSR count). The molecule has 1 aliphatic heterocycles. The number of H-pyrrole nitrogens is 1. The molecule has 1 aromatic carbocycles. The molecule has 3 heterocycles. The first-order valence-corrected chi connectivity index (χ1v) is 11.3. The van der Waals surface area contributed by atoms with Gasteiger partial charge in [-0.3, -0.25) is 9.19 Å². The number of benzene rings is 1. The van der Waals surface area contributed by atoms with Crippen LogP contribution >= 0.6 is 0 Å². The fraction of sp³-hybridized carbons (Fsp3) is 0.455. The Labute approximate surface area is 212 Å². The smallest absolute Gasteiger partial charge is 0.870 e. The number of para-hydroxylation sites is 2. The van der Waals surface area contributed by atoms with E-state index in [-0.39, 0.29) is 46.7 Å². The first-order valence-electron chi connectivity index (χ1n) is 10.0. The van der Waals surface area contributed by atoms with E-state index in [1.807, 2.05) is 52.0 Å². The SMILES string of the molecule is Cc1cnc(CS(=O)c2nc3ccccc3[nH]2)c(C)c1OCC1COC(C)(C)OC1.[Na+].[OH-]. The number of nitrogens with zero attached hydrogens (tertiary/aromatic N) is 2. The molecule has 168 valence electrons. The van der Waals surface area contributed by atoms with Crippen LogP contribution in [-0.2, 0) is 26.0 Å². The van der Waals surface area contributed by atoms with Crippen molar-refractivity contribution < 1.29 is 53.5 Å². The number of nitrogens with one attached hydrogen (secondary N) is 1.